The maximum Gasteiger partial charge on any atom is 0.132 e. The molecule has 0 aromatic carbocycles. The molecule has 0 bridgehead atoms. The summed E-state index contributed by atoms with van der Waals surface area (Å²) in [6, 6.07) is 2.35. The lowest BCUT2D eigenvalue weighted by Gasteiger charge is -2.32. The van der Waals surface area contributed by atoms with Gasteiger partial charge in [0.15, 0.2) is 0 Å². The summed E-state index contributed by atoms with van der Waals surface area (Å²) < 4.78 is 17.8. The maximum absolute atomic E-state index is 6.30. The fourth-order valence-electron chi connectivity index (χ4n) is 3.95. The number of hydrogen-bond donors (Lipinski definition) is 0. The van der Waals surface area contributed by atoms with Crippen LogP contribution >= 0.6 is 0 Å². The Bertz CT molecular complexity index is 495. The third-order valence-corrected chi connectivity index (χ3v) is 5.22. The lowest BCUT2D eigenvalue weighted by Crippen LogP contribution is -2.42. The summed E-state index contributed by atoms with van der Waals surface area (Å²) in [5.41, 5.74) is 0. The summed E-state index contributed by atoms with van der Waals surface area (Å²) in [6.07, 6.45) is 8.19. The smallest absolute Gasteiger partial charge is 0.132 e. The van der Waals surface area contributed by atoms with Crippen molar-refractivity contribution in [3.8, 4) is 0 Å². The molecule has 4 rings (SSSR count). The van der Waals surface area contributed by atoms with Gasteiger partial charge in [0.05, 0.1) is 12.6 Å². The first kappa shape index (κ1) is 15.3. The summed E-state index contributed by atoms with van der Waals surface area (Å²) >= 11 is 0. The Hall–Kier alpha value is -1.24. The second-order valence-electron chi connectivity index (χ2n) is 6.69. The molecule has 1 aromatic rings. The lowest BCUT2D eigenvalue weighted by atomic mass is 10.0. The van der Waals surface area contributed by atoms with Gasteiger partial charge < -0.3 is 19.1 Å². The molecule has 4 heterocycles. The molecular weight excluding hydrogens is 294 g/mol. The highest BCUT2D eigenvalue weighted by atomic mass is 16.5. The third kappa shape index (κ3) is 3.34. The van der Waals surface area contributed by atoms with Crippen LogP contribution in [-0.4, -0.2) is 61.2 Å². The number of aromatic nitrogens is 2. The zero-order chi connectivity index (χ0) is 15.5. The minimum Gasteiger partial charge on any atom is -0.381 e. The predicted octanol–water partition coefficient (Wildman–Crippen LogP) is 1.66. The van der Waals surface area contributed by atoms with E-state index in [9.17, 15) is 0 Å². The zero-order valence-corrected chi connectivity index (χ0v) is 13.5. The first-order chi connectivity index (χ1) is 11.4. The minimum absolute atomic E-state index is 0.137. The fraction of sp³-hybridized carbons (Fsp3) is 0.765. The Balaban J connectivity index is 1.42. The van der Waals surface area contributed by atoms with Crippen molar-refractivity contribution in [2.24, 2.45) is 5.92 Å². The summed E-state index contributed by atoms with van der Waals surface area (Å²) in [5, 5.41) is 0. The highest BCUT2D eigenvalue weighted by Gasteiger charge is 2.45. The topological polar surface area (TPSA) is 56.7 Å². The molecule has 0 spiro atoms. The van der Waals surface area contributed by atoms with E-state index in [4.69, 9.17) is 14.2 Å². The monoisotopic (exact) mass is 319 g/mol. The number of rotatable bonds is 4. The minimum atomic E-state index is 0.137. The summed E-state index contributed by atoms with van der Waals surface area (Å²) in [4.78, 5) is 10.8. The van der Waals surface area contributed by atoms with Crippen molar-refractivity contribution in [2.75, 3.05) is 37.9 Å². The fourth-order valence-corrected chi connectivity index (χ4v) is 3.95. The first-order valence-corrected chi connectivity index (χ1v) is 8.75. The molecule has 0 N–H and O–H groups in total. The Morgan fingerprint density at radius 3 is 2.96 bits per heavy atom. The molecule has 6 nitrogen and oxygen atoms in total. The highest BCUT2D eigenvalue weighted by molar-refractivity contribution is 5.41. The average Bonchev–Trinajstić information content (AvgIpc) is 3.01. The Morgan fingerprint density at radius 1 is 1.22 bits per heavy atom. The zero-order valence-electron chi connectivity index (χ0n) is 13.5. The van der Waals surface area contributed by atoms with Gasteiger partial charge in [0.1, 0.15) is 24.4 Å². The molecule has 0 saturated carbocycles. The van der Waals surface area contributed by atoms with Gasteiger partial charge in [-0.2, -0.15) is 0 Å². The van der Waals surface area contributed by atoms with E-state index in [0.717, 1.165) is 64.5 Å². The Labute approximate surface area is 137 Å². The largest absolute Gasteiger partial charge is 0.381 e. The van der Waals surface area contributed by atoms with Gasteiger partial charge in [-0.3, -0.25) is 0 Å². The third-order valence-electron chi connectivity index (χ3n) is 5.22. The molecule has 1 aromatic heterocycles. The van der Waals surface area contributed by atoms with E-state index in [0.29, 0.717) is 12.0 Å². The normalized spacial score (nSPS) is 32.0. The number of nitrogens with zero attached hydrogens (tertiary/aromatic N) is 3. The van der Waals surface area contributed by atoms with Crippen LogP contribution in [-0.2, 0) is 14.2 Å². The molecule has 0 aliphatic carbocycles. The maximum atomic E-state index is 6.30. The summed E-state index contributed by atoms with van der Waals surface area (Å²) in [5.74, 6) is 1.61. The van der Waals surface area contributed by atoms with E-state index in [1.165, 1.54) is 0 Å². The van der Waals surface area contributed by atoms with Crippen LogP contribution in [0.25, 0.3) is 0 Å². The van der Waals surface area contributed by atoms with Crippen molar-refractivity contribution in [3.05, 3.63) is 18.6 Å². The number of ether oxygens (including phenoxy) is 3. The molecule has 3 fully saturated rings. The number of hydrogen-bond acceptors (Lipinski definition) is 6. The molecule has 3 saturated heterocycles. The van der Waals surface area contributed by atoms with Gasteiger partial charge >= 0.3 is 0 Å². The van der Waals surface area contributed by atoms with Crippen LogP contribution in [0.4, 0.5) is 5.82 Å². The van der Waals surface area contributed by atoms with E-state index in [1.54, 1.807) is 12.5 Å². The Morgan fingerprint density at radius 2 is 2.13 bits per heavy atom. The van der Waals surface area contributed by atoms with Crippen molar-refractivity contribution < 1.29 is 14.2 Å². The molecule has 0 unspecified atom stereocenters. The lowest BCUT2D eigenvalue weighted by molar-refractivity contribution is -0.0868. The van der Waals surface area contributed by atoms with E-state index >= 15 is 0 Å². The van der Waals surface area contributed by atoms with Gasteiger partial charge in [0.25, 0.3) is 0 Å². The predicted molar refractivity (Wildman–Crippen MR) is 85.4 cm³/mol. The Kier molecular flexibility index (Phi) is 4.73. The van der Waals surface area contributed by atoms with Crippen LogP contribution in [0.2, 0.25) is 0 Å². The molecule has 126 valence electrons. The van der Waals surface area contributed by atoms with Crippen LogP contribution in [0.1, 0.15) is 25.7 Å². The van der Waals surface area contributed by atoms with E-state index in [1.807, 2.05) is 6.07 Å². The first-order valence-electron chi connectivity index (χ1n) is 8.75. The van der Waals surface area contributed by atoms with E-state index in [2.05, 4.69) is 14.9 Å². The molecule has 3 atom stereocenters. The van der Waals surface area contributed by atoms with Crippen molar-refractivity contribution in [1.29, 1.82) is 0 Å². The number of anilines is 1. The highest BCUT2D eigenvalue weighted by Crippen LogP contribution is 2.33. The van der Waals surface area contributed by atoms with E-state index < -0.39 is 0 Å². The summed E-state index contributed by atoms with van der Waals surface area (Å²) in [7, 11) is 0. The van der Waals surface area contributed by atoms with Gasteiger partial charge in [-0.05, 0) is 37.7 Å². The summed E-state index contributed by atoms with van der Waals surface area (Å²) in [6.45, 7) is 4.26. The van der Waals surface area contributed by atoms with Gasteiger partial charge in [0.2, 0.25) is 0 Å². The van der Waals surface area contributed by atoms with E-state index in [-0.39, 0.29) is 12.2 Å². The molecule has 0 amide bonds. The van der Waals surface area contributed by atoms with Gasteiger partial charge in [0, 0.05) is 32.6 Å². The van der Waals surface area contributed by atoms with Crippen LogP contribution in [0.15, 0.2) is 18.6 Å². The van der Waals surface area contributed by atoms with Crippen molar-refractivity contribution >= 4 is 5.82 Å². The molecular formula is C17H25N3O3. The second kappa shape index (κ2) is 7.11. The molecule has 6 heteroatoms. The van der Waals surface area contributed by atoms with Crippen molar-refractivity contribution in [3.63, 3.8) is 0 Å². The van der Waals surface area contributed by atoms with Crippen LogP contribution in [0.5, 0.6) is 0 Å². The molecule has 23 heavy (non-hydrogen) atoms. The molecule has 3 aliphatic heterocycles. The van der Waals surface area contributed by atoms with Crippen molar-refractivity contribution in [2.45, 2.75) is 43.9 Å². The average molecular weight is 319 g/mol. The van der Waals surface area contributed by atoms with Crippen LogP contribution < -0.4 is 4.90 Å². The molecule has 3 aliphatic rings. The van der Waals surface area contributed by atoms with Crippen LogP contribution in [0.3, 0.4) is 0 Å². The van der Waals surface area contributed by atoms with Crippen molar-refractivity contribution in [1.82, 2.24) is 9.97 Å². The standard InChI is InChI=1S/C17H25N3O3/c1-2-14-17(22-7-1)15(23-11-13-4-8-21-9-5-13)10-20(14)16-3-6-18-12-19-16/h3,6,12-15,17H,1-2,4-5,7-11H2/t14-,15+,17+/m1/s1. The SMILES string of the molecule is c1cc(N2C[C@H](OCC3CCOCC3)[C@H]3OCCC[C@H]32)ncn1. The second-order valence-corrected chi connectivity index (χ2v) is 6.69. The van der Waals surface area contributed by atoms with Gasteiger partial charge in [-0.15, -0.1) is 0 Å². The van der Waals surface area contributed by atoms with Gasteiger partial charge in [-0.25, -0.2) is 9.97 Å². The van der Waals surface area contributed by atoms with Gasteiger partial charge in [-0.1, -0.05) is 0 Å². The quantitative estimate of drug-likeness (QED) is 0.841. The molecule has 0 radical (unpaired) electrons. The van der Waals surface area contributed by atoms with Crippen LogP contribution in [0, 0.1) is 5.92 Å². The number of fused-ring (bicyclic) bond motifs is 1.